The van der Waals surface area contributed by atoms with E-state index in [1.807, 2.05) is 23.1 Å². The van der Waals surface area contributed by atoms with Crippen LogP contribution >= 0.6 is 0 Å². The van der Waals surface area contributed by atoms with Crippen LogP contribution in [0.3, 0.4) is 0 Å². The summed E-state index contributed by atoms with van der Waals surface area (Å²) in [6.07, 6.45) is 7.56. The summed E-state index contributed by atoms with van der Waals surface area (Å²) in [5, 5.41) is 3.30. The molecule has 1 N–H and O–H groups in total. The van der Waals surface area contributed by atoms with Crippen LogP contribution in [-0.2, 0) is 11.3 Å². The van der Waals surface area contributed by atoms with E-state index >= 15 is 0 Å². The van der Waals surface area contributed by atoms with Crippen molar-refractivity contribution in [3.63, 3.8) is 0 Å². The smallest absolute Gasteiger partial charge is 0.225 e. The van der Waals surface area contributed by atoms with Crippen molar-refractivity contribution in [1.29, 1.82) is 0 Å². The minimum atomic E-state index is 0.200. The van der Waals surface area contributed by atoms with Crippen LogP contribution in [0.4, 0.5) is 5.95 Å². The highest BCUT2D eigenvalue weighted by Crippen LogP contribution is 2.10. The van der Waals surface area contributed by atoms with Gasteiger partial charge in [0.1, 0.15) is 0 Å². The molecule has 3 heterocycles. The molecule has 1 saturated heterocycles. The van der Waals surface area contributed by atoms with Crippen LogP contribution in [0, 0.1) is 0 Å². The second-order valence-electron chi connectivity index (χ2n) is 5.70. The first-order valence-electron chi connectivity index (χ1n) is 8.22. The predicted molar refractivity (Wildman–Crippen MR) is 91.4 cm³/mol. The molecule has 2 aromatic heterocycles. The number of amides is 1. The topological polar surface area (TPSA) is 74.2 Å². The van der Waals surface area contributed by atoms with E-state index in [0.717, 1.165) is 38.7 Å². The molecule has 1 amide bonds. The first kappa shape index (κ1) is 16.3. The van der Waals surface area contributed by atoms with Gasteiger partial charge in [-0.25, -0.2) is 9.97 Å². The summed E-state index contributed by atoms with van der Waals surface area (Å²) in [6.45, 7) is 4.45. The van der Waals surface area contributed by atoms with Crippen molar-refractivity contribution in [2.75, 3.05) is 37.6 Å². The van der Waals surface area contributed by atoms with Crippen molar-refractivity contribution in [1.82, 2.24) is 25.2 Å². The number of hydrogen-bond acceptors (Lipinski definition) is 6. The number of carbonyl (C=O) groups is 1. The Bertz CT molecular complexity index is 628. The third-order valence-electron chi connectivity index (χ3n) is 4.06. The van der Waals surface area contributed by atoms with Crippen LogP contribution in [-0.4, -0.2) is 58.5 Å². The first-order chi connectivity index (χ1) is 11.8. The number of pyridine rings is 1. The van der Waals surface area contributed by atoms with E-state index in [2.05, 4.69) is 25.2 Å². The molecular weight excluding hydrogens is 304 g/mol. The molecule has 0 unspecified atom stereocenters. The van der Waals surface area contributed by atoms with Gasteiger partial charge in [-0.2, -0.15) is 0 Å². The van der Waals surface area contributed by atoms with Crippen molar-refractivity contribution in [2.24, 2.45) is 0 Å². The maximum atomic E-state index is 12.3. The minimum Gasteiger partial charge on any atom is -0.339 e. The monoisotopic (exact) mass is 326 g/mol. The third-order valence-corrected chi connectivity index (χ3v) is 4.06. The van der Waals surface area contributed by atoms with E-state index in [0.29, 0.717) is 13.0 Å². The molecule has 0 aromatic carbocycles. The van der Waals surface area contributed by atoms with Gasteiger partial charge >= 0.3 is 0 Å². The summed E-state index contributed by atoms with van der Waals surface area (Å²) in [6, 6.07) is 5.75. The summed E-state index contributed by atoms with van der Waals surface area (Å²) in [5.41, 5.74) is 1.17. The van der Waals surface area contributed by atoms with Crippen LogP contribution in [0.2, 0.25) is 0 Å². The van der Waals surface area contributed by atoms with E-state index in [9.17, 15) is 4.79 Å². The zero-order chi connectivity index (χ0) is 16.6. The van der Waals surface area contributed by atoms with Gasteiger partial charge < -0.3 is 15.1 Å². The molecule has 0 bridgehead atoms. The Morgan fingerprint density at radius 1 is 1.04 bits per heavy atom. The highest BCUT2D eigenvalue weighted by Gasteiger charge is 2.21. The third kappa shape index (κ3) is 4.48. The Hall–Kier alpha value is -2.54. The number of rotatable bonds is 6. The molecule has 0 saturated carbocycles. The molecule has 0 atom stereocenters. The van der Waals surface area contributed by atoms with Crippen molar-refractivity contribution in [2.45, 2.75) is 13.0 Å². The summed E-state index contributed by atoms with van der Waals surface area (Å²) in [4.78, 5) is 28.8. The fourth-order valence-electron chi connectivity index (χ4n) is 2.70. The quantitative estimate of drug-likeness (QED) is 0.788. The molecule has 1 aliphatic rings. The molecule has 0 radical (unpaired) electrons. The number of aromatic nitrogens is 3. The maximum absolute atomic E-state index is 12.3. The summed E-state index contributed by atoms with van der Waals surface area (Å²) in [5.74, 6) is 0.939. The summed E-state index contributed by atoms with van der Waals surface area (Å²) in [7, 11) is 0. The van der Waals surface area contributed by atoms with Gasteiger partial charge in [-0.1, -0.05) is 0 Å². The highest BCUT2D eigenvalue weighted by molar-refractivity contribution is 5.76. The molecule has 2 aromatic rings. The van der Waals surface area contributed by atoms with Gasteiger partial charge in [0, 0.05) is 70.5 Å². The Morgan fingerprint density at radius 3 is 2.46 bits per heavy atom. The standard InChI is InChI=1S/C17H22N6O/c24-16(4-9-19-14-15-2-7-18-8-3-15)22-10-12-23(13-11-22)17-20-5-1-6-21-17/h1-3,5-8,19H,4,9-14H2. The largest absolute Gasteiger partial charge is 0.339 e. The molecule has 126 valence electrons. The van der Waals surface area contributed by atoms with Gasteiger partial charge in [-0.3, -0.25) is 9.78 Å². The predicted octanol–water partition coefficient (Wildman–Crippen LogP) is 0.700. The summed E-state index contributed by atoms with van der Waals surface area (Å²) < 4.78 is 0. The van der Waals surface area contributed by atoms with E-state index in [4.69, 9.17) is 0 Å². The van der Waals surface area contributed by atoms with E-state index in [-0.39, 0.29) is 5.91 Å². The number of hydrogen-bond donors (Lipinski definition) is 1. The van der Waals surface area contributed by atoms with Crippen LogP contribution in [0.25, 0.3) is 0 Å². The van der Waals surface area contributed by atoms with Gasteiger partial charge in [0.15, 0.2) is 0 Å². The van der Waals surface area contributed by atoms with Crippen LogP contribution in [0.5, 0.6) is 0 Å². The average Bonchev–Trinajstić information content (AvgIpc) is 2.67. The van der Waals surface area contributed by atoms with Crippen molar-refractivity contribution < 1.29 is 4.79 Å². The second kappa shape index (κ2) is 8.35. The highest BCUT2D eigenvalue weighted by atomic mass is 16.2. The number of piperazine rings is 1. The van der Waals surface area contributed by atoms with E-state index < -0.39 is 0 Å². The van der Waals surface area contributed by atoms with Crippen molar-refractivity contribution >= 4 is 11.9 Å². The molecule has 24 heavy (non-hydrogen) atoms. The van der Waals surface area contributed by atoms with E-state index in [1.54, 1.807) is 24.8 Å². The van der Waals surface area contributed by atoms with Crippen LogP contribution in [0.15, 0.2) is 43.0 Å². The Balaban J connectivity index is 1.36. The molecule has 7 heteroatoms. The maximum Gasteiger partial charge on any atom is 0.225 e. The lowest BCUT2D eigenvalue weighted by molar-refractivity contribution is -0.131. The Labute approximate surface area is 141 Å². The Morgan fingerprint density at radius 2 is 1.75 bits per heavy atom. The minimum absolute atomic E-state index is 0.200. The fourth-order valence-corrected chi connectivity index (χ4v) is 2.70. The van der Waals surface area contributed by atoms with E-state index in [1.165, 1.54) is 5.56 Å². The summed E-state index contributed by atoms with van der Waals surface area (Å²) >= 11 is 0. The van der Waals surface area contributed by atoms with Gasteiger partial charge in [0.25, 0.3) is 0 Å². The molecule has 7 nitrogen and oxygen atoms in total. The van der Waals surface area contributed by atoms with Crippen molar-refractivity contribution in [3.8, 4) is 0 Å². The molecule has 1 aliphatic heterocycles. The Kier molecular flexibility index (Phi) is 5.68. The SMILES string of the molecule is O=C(CCNCc1ccncc1)N1CCN(c2ncccn2)CC1. The normalized spacial score (nSPS) is 14.7. The zero-order valence-electron chi connectivity index (χ0n) is 13.6. The van der Waals surface area contributed by atoms with Gasteiger partial charge in [-0.15, -0.1) is 0 Å². The number of nitrogens with one attached hydrogen (secondary N) is 1. The molecule has 0 spiro atoms. The van der Waals surface area contributed by atoms with Gasteiger partial charge in [0.2, 0.25) is 11.9 Å². The molecular formula is C17H22N6O. The van der Waals surface area contributed by atoms with Crippen molar-refractivity contribution in [3.05, 3.63) is 48.5 Å². The lowest BCUT2D eigenvalue weighted by Gasteiger charge is -2.34. The number of anilines is 1. The molecule has 1 fully saturated rings. The second-order valence-corrected chi connectivity index (χ2v) is 5.70. The fraction of sp³-hybridized carbons (Fsp3) is 0.412. The first-order valence-corrected chi connectivity index (χ1v) is 8.22. The molecule has 0 aliphatic carbocycles. The van der Waals surface area contributed by atoms with Gasteiger partial charge in [-0.05, 0) is 23.8 Å². The average molecular weight is 326 g/mol. The lowest BCUT2D eigenvalue weighted by atomic mass is 10.2. The molecule has 3 rings (SSSR count). The zero-order valence-corrected chi connectivity index (χ0v) is 13.6. The van der Waals surface area contributed by atoms with Crippen LogP contribution in [0.1, 0.15) is 12.0 Å². The van der Waals surface area contributed by atoms with Gasteiger partial charge in [0.05, 0.1) is 0 Å². The number of nitrogens with zero attached hydrogens (tertiary/aromatic N) is 5. The van der Waals surface area contributed by atoms with Crippen LogP contribution < -0.4 is 10.2 Å². The lowest BCUT2D eigenvalue weighted by Crippen LogP contribution is -2.49. The number of carbonyl (C=O) groups excluding carboxylic acids is 1.